The molecule has 214 valence electrons. The molecule has 0 radical (unpaired) electrons. The summed E-state index contributed by atoms with van der Waals surface area (Å²) in [5.74, 6) is -1.04. The molecule has 0 bridgehead atoms. The summed E-state index contributed by atoms with van der Waals surface area (Å²) in [5, 5.41) is 23.3. The van der Waals surface area contributed by atoms with Gasteiger partial charge >= 0.3 is 5.97 Å². The van der Waals surface area contributed by atoms with Crippen molar-refractivity contribution in [2.24, 2.45) is 5.92 Å². The van der Waals surface area contributed by atoms with Crippen molar-refractivity contribution in [2.75, 3.05) is 61.6 Å². The van der Waals surface area contributed by atoms with Crippen molar-refractivity contribution in [3.63, 3.8) is 0 Å². The number of methoxy groups -OCH3 is 1. The van der Waals surface area contributed by atoms with E-state index in [0.717, 1.165) is 23.8 Å². The van der Waals surface area contributed by atoms with E-state index in [-0.39, 0.29) is 41.0 Å². The van der Waals surface area contributed by atoms with E-state index >= 15 is 4.39 Å². The predicted molar refractivity (Wildman–Crippen MR) is 147 cm³/mol. The molecule has 0 aliphatic carbocycles. The van der Waals surface area contributed by atoms with Crippen molar-refractivity contribution in [3.8, 4) is 10.9 Å². The molecule has 41 heavy (non-hydrogen) atoms. The van der Waals surface area contributed by atoms with E-state index in [1.165, 1.54) is 17.9 Å². The van der Waals surface area contributed by atoms with Crippen molar-refractivity contribution >= 4 is 46.1 Å². The molecular formula is C25H25FN8O6S. The summed E-state index contributed by atoms with van der Waals surface area (Å²) in [6.07, 6.45) is 1.71. The molecule has 14 nitrogen and oxygen atoms in total. The van der Waals surface area contributed by atoms with Crippen LogP contribution in [0.4, 0.5) is 22.0 Å². The number of hydrogen-bond acceptors (Lipinski definition) is 13. The Hall–Kier alpha value is -4.41. The first-order valence-corrected chi connectivity index (χ1v) is 13.5. The Morgan fingerprint density at radius 2 is 2.02 bits per heavy atom. The Morgan fingerprint density at radius 3 is 2.71 bits per heavy atom. The van der Waals surface area contributed by atoms with Gasteiger partial charge < -0.3 is 34.8 Å². The second kappa shape index (κ2) is 10.9. The van der Waals surface area contributed by atoms with Crippen LogP contribution in [0.1, 0.15) is 10.4 Å². The van der Waals surface area contributed by atoms with Crippen LogP contribution in [0.2, 0.25) is 0 Å². The average molecular weight is 585 g/mol. The highest BCUT2D eigenvalue weighted by Crippen LogP contribution is 2.31. The van der Waals surface area contributed by atoms with Gasteiger partial charge in [0, 0.05) is 49.8 Å². The second-order valence-corrected chi connectivity index (χ2v) is 10.3. The van der Waals surface area contributed by atoms with Crippen LogP contribution in [0.15, 0.2) is 35.4 Å². The molecule has 2 saturated heterocycles. The number of rotatable bonds is 8. The van der Waals surface area contributed by atoms with Crippen LogP contribution in [0.5, 0.6) is 5.75 Å². The second-order valence-electron chi connectivity index (χ2n) is 9.53. The van der Waals surface area contributed by atoms with Crippen LogP contribution in [0.3, 0.4) is 0 Å². The van der Waals surface area contributed by atoms with Gasteiger partial charge in [0.25, 0.3) is 0 Å². The number of fused-ring (bicyclic) bond motifs is 1. The molecule has 2 fully saturated rings. The van der Waals surface area contributed by atoms with E-state index in [9.17, 15) is 19.8 Å². The maximum absolute atomic E-state index is 15.3. The Labute approximate surface area is 235 Å². The molecule has 16 heteroatoms. The number of hydrogen-bond donors (Lipinski definition) is 3. The number of nitrogens with one attached hydrogen (secondary N) is 1. The number of aromatic carboxylic acids is 1. The average Bonchev–Trinajstić information content (AvgIpc) is 3.44. The minimum atomic E-state index is -1.45. The fourth-order valence-corrected chi connectivity index (χ4v) is 5.34. The van der Waals surface area contributed by atoms with E-state index in [0.29, 0.717) is 43.8 Å². The number of nitrogens with zero attached hydrogens (tertiary/aromatic N) is 7. The largest absolute Gasteiger partial charge is 0.495 e. The quantitative estimate of drug-likeness (QED) is 0.253. The Morgan fingerprint density at radius 1 is 1.24 bits per heavy atom. The molecule has 4 aromatic rings. The summed E-state index contributed by atoms with van der Waals surface area (Å²) in [5.41, 5.74) is -1.35. The van der Waals surface area contributed by atoms with Crippen LogP contribution in [0.25, 0.3) is 16.2 Å². The number of halogens is 1. The molecule has 6 rings (SSSR count). The molecule has 1 atom stereocenters. The standard InChI is InChI=1S/C25H25FN8O6S/c1-39-14-2-3-18(27-9-14)28-22(36)13-10-33(11-13)21-17(26)8-15-19(35)16(23(37)38)12-34(20(15)29-21)25-30-24(31-41-25)32-4-6-40-7-5-32/h2-3,8-9,12-13,22,36H,4-7,10-11H2,1H3,(H,27,28)(H,37,38). The van der Waals surface area contributed by atoms with E-state index < -0.39 is 29.0 Å². The van der Waals surface area contributed by atoms with Gasteiger partial charge in [-0.1, -0.05) is 0 Å². The molecule has 0 amide bonds. The first kappa shape index (κ1) is 26.8. The van der Waals surface area contributed by atoms with Gasteiger partial charge in [-0.05, 0) is 18.2 Å². The van der Waals surface area contributed by atoms with E-state index in [4.69, 9.17) is 9.47 Å². The number of aliphatic hydroxyl groups excluding tert-OH is 1. The molecule has 4 aromatic heterocycles. The van der Waals surface area contributed by atoms with E-state index in [2.05, 4.69) is 24.6 Å². The van der Waals surface area contributed by atoms with Crippen LogP contribution in [0, 0.1) is 11.7 Å². The van der Waals surface area contributed by atoms with Crippen molar-refractivity contribution < 1.29 is 28.9 Å². The summed E-state index contributed by atoms with van der Waals surface area (Å²) in [7, 11) is 1.53. The minimum Gasteiger partial charge on any atom is -0.495 e. The van der Waals surface area contributed by atoms with Crippen molar-refractivity contribution in [2.45, 2.75) is 6.23 Å². The Kier molecular flexibility index (Phi) is 7.10. The van der Waals surface area contributed by atoms with Crippen LogP contribution < -0.4 is 25.3 Å². The first-order valence-electron chi connectivity index (χ1n) is 12.7. The van der Waals surface area contributed by atoms with Gasteiger partial charge in [0.15, 0.2) is 17.3 Å². The van der Waals surface area contributed by atoms with Gasteiger partial charge in [-0.3, -0.25) is 9.36 Å². The zero-order chi connectivity index (χ0) is 28.7. The highest BCUT2D eigenvalue weighted by Gasteiger charge is 2.35. The summed E-state index contributed by atoms with van der Waals surface area (Å²) in [4.78, 5) is 41.5. The number of morpholine rings is 1. The molecule has 3 N–H and O–H groups in total. The van der Waals surface area contributed by atoms with E-state index in [1.54, 1.807) is 17.0 Å². The summed E-state index contributed by atoms with van der Waals surface area (Å²) < 4.78 is 31.5. The zero-order valence-electron chi connectivity index (χ0n) is 21.7. The number of carbonyl (C=O) groups is 1. The van der Waals surface area contributed by atoms with Gasteiger partial charge in [0.05, 0.1) is 31.9 Å². The lowest BCUT2D eigenvalue weighted by Crippen LogP contribution is -2.54. The molecule has 0 spiro atoms. The number of ether oxygens (including phenoxy) is 2. The number of carboxylic acid groups (broad SMARTS) is 1. The predicted octanol–water partition coefficient (Wildman–Crippen LogP) is 1.18. The van der Waals surface area contributed by atoms with Gasteiger partial charge in [0.2, 0.25) is 16.5 Å². The number of anilines is 3. The number of aromatic nitrogens is 5. The number of pyridine rings is 3. The SMILES string of the molecule is COc1ccc(NC(O)C2CN(c3nc4c(cc3F)c(=O)c(C(=O)O)cn4-c3nc(N4CCOCC4)ns3)C2)nc1. The van der Waals surface area contributed by atoms with Crippen LogP contribution in [-0.2, 0) is 4.74 Å². The monoisotopic (exact) mass is 584 g/mol. The van der Waals surface area contributed by atoms with Gasteiger partial charge in [0.1, 0.15) is 23.4 Å². The number of aliphatic hydroxyl groups is 1. The highest BCUT2D eigenvalue weighted by atomic mass is 32.1. The normalized spacial score (nSPS) is 16.5. The van der Waals surface area contributed by atoms with Crippen LogP contribution in [-0.4, -0.2) is 92.8 Å². The van der Waals surface area contributed by atoms with Crippen LogP contribution >= 0.6 is 11.5 Å². The molecule has 0 saturated carbocycles. The van der Waals surface area contributed by atoms with Crippen molar-refractivity contribution in [3.05, 3.63) is 52.2 Å². The molecular weight excluding hydrogens is 559 g/mol. The smallest absolute Gasteiger partial charge is 0.341 e. The number of carboxylic acids is 1. The molecule has 0 aromatic carbocycles. The summed E-state index contributed by atoms with van der Waals surface area (Å²) in [6.45, 7) is 2.80. The minimum absolute atomic E-state index is 0.0299. The van der Waals surface area contributed by atoms with Crippen molar-refractivity contribution in [1.29, 1.82) is 0 Å². The van der Waals surface area contributed by atoms with Crippen molar-refractivity contribution in [1.82, 2.24) is 23.9 Å². The fraction of sp³-hybridized carbons (Fsp3) is 0.360. The third-order valence-corrected chi connectivity index (χ3v) is 7.68. The maximum atomic E-state index is 15.3. The molecule has 1 unspecified atom stereocenters. The maximum Gasteiger partial charge on any atom is 0.341 e. The molecule has 2 aliphatic heterocycles. The highest BCUT2D eigenvalue weighted by molar-refractivity contribution is 7.08. The molecule has 6 heterocycles. The Balaban J connectivity index is 1.29. The van der Waals surface area contributed by atoms with Gasteiger partial charge in [-0.15, -0.1) is 0 Å². The Bertz CT molecular complexity index is 1650. The lowest BCUT2D eigenvalue weighted by Gasteiger charge is -2.42. The van der Waals surface area contributed by atoms with E-state index in [1.807, 2.05) is 4.90 Å². The molecule has 2 aliphatic rings. The third kappa shape index (κ3) is 5.12. The van der Waals surface area contributed by atoms with Gasteiger partial charge in [-0.2, -0.15) is 9.36 Å². The fourth-order valence-electron chi connectivity index (χ4n) is 4.67. The third-order valence-electron chi connectivity index (χ3n) is 6.97. The first-order chi connectivity index (χ1) is 19.8. The topological polar surface area (TPSA) is 168 Å². The lowest BCUT2D eigenvalue weighted by molar-refractivity contribution is 0.0695. The summed E-state index contributed by atoms with van der Waals surface area (Å²) >= 11 is 1.00. The summed E-state index contributed by atoms with van der Waals surface area (Å²) in [6, 6.07) is 4.38. The van der Waals surface area contributed by atoms with Gasteiger partial charge in [-0.25, -0.2) is 19.2 Å². The zero-order valence-corrected chi connectivity index (χ0v) is 22.5. The lowest BCUT2D eigenvalue weighted by atomic mass is 9.98.